The predicted octanol–water partition coefficient (Wildman–Crippen LogP) is 6.00. The van der Waals surface area contributed by atoms with Crippen molar-refractivity contribution in [2.45, 2.75) is 12.3 Å². The van der Waals surface area contributed by atoms with E-state index in [0.29, 0.717) is 6.61 Å². The second-order valence-electron chi connectivity index (χ2n) is 3.62. The van der Waals surface area contributed by atoms with Gasteiger partial charge in [0.15, 0.2) is 0 Å². The summed E-state index contributed by atoms with van der Waals surface area (Å²) in [6.07, 6.45) is 0. The van der Waals surface area contributed by atoms with E-state index < -0.39 is 0 Å². The molecule has 0 saturated heterocycles. The summed E-state index contributed by atoms with van der Waals surface area (Å²) in [5.41, 5.74) is 0.988. The maximum absolute atomic E-state index is 6.55. The molecule has 0 spiro atoms. The molecule has 0 aliphatic carbocycles. The molecule has 1 unspecified atom stereocenters. The molecular formula is C13H11Br2ClOS. The number of hydrogen-bond donors (Lipinski definition) is 0. The molecule has 1 atom stereocenters. The largest absolute Gasteiger partial charge is 0.494 e. The Morgan fingerprint density at radius 2 is 2.06 bits per heavy atom. The summed E-state index contributed by atoms with van der Waals surface area (Å²) >= 11 is 15.1. The highest BCUT2D eigenvalue weighted by molar-refractivity contribution is 9.11. The van der Waals surface area contributed by atoms with Crippen LogP contribution in [0, 0.1) is 0 Å². The van der Waals surface area contributed by atoms with E-state index in [1.54, 1.807) is 11.3 Å². The third-order valence-electron chi connectivity index (χ3n) is 2.39. The summed E-state index contributed by atoms with van der Waals surface area (Å²) in [4.78, 5) is 1.10. The molecule has 96 valence electrons. The van der Waals surface area contributed by atoms with E-state index in [-0.39, 0.29) is 5.38 Å². The predicted molar refractivity (Wildman–Crippen MR) is 85.0 cm³/mol. The summed E-state index contributed by atoms with van der Waals surface area (Å²) < 4.78 is 7.71. The molecule has 18 heavy (non-hydrogen) atoms. The number of ether oxygens (including phenoxy) is 1. The first-order valence-electron chi connectivity index (χ1n) is 5.43. The van der Waals surface area contributed by atoms with Crippen molar-refractivity contribution in [3.63, 3.8) is 0 Å². The van der Waals surface area contributed by atoms with Crippen molar-refractivity contribution >= 4 is 54.8 Å². The number of rotatable bonds is 4. The van der Waals surface area contributed by atoms with Crippen LogP contribution in [0.1, 0.15) is 22.7 Å². The van der Waals surface area contributed by atoms with Gasteiger partial charge in [0.1, 0.15) is 5.75 Å². The molecule has 0 aliphatic heterocycles. The first-order chi connectivity index (χ1) is 8.61. The normalized spacial score (nSPS) is 12.4. The van der Waals surface area contributed by atoms with Crippen molar-refractivity contribution in [2.75, 3.05) is 6.61 Å². The van der Waals surface area contributed by atoms with Crippen LogP contribution in [-0.4, -0.2) is 6.61 Å². The molecule has 0 amide bonds. The SMILES string of the molecule is CCOc1ccc(Br)cc1C(Cl)c1ccc(Br)s1. The van der Waals surface area contributed by atoms with Crippen molar-refractivity contribution in [1.82, 2.24) is 0 Å². The van der Waals surface area contributed by atoms with Crippen LogP contribution in [-0.2, 0) is 0 Å². The topological polar surface area (TPSA) is 9.23 Å². The monoisotopic (exact) mass is 408 g/mol. The molecule has 0 saturated carbocycles. The number of thiophene rings is 1. The van der Waals surface area contributed by atoms with Crippen LogP contribution >= 0.6 is 54.8 Å². The van der Waals surface area contributed by atoms with E-state index in [1.807, 2.05) is 37.3 Å². The lowest BCUT2D eigenvalue weighted by molar-refractivity contribution is 0.337. The minimum absolute atomic E-state index is 0.194. The van der Waals surface area contributed by atoms with Gasteiger partial charge in [0, 0.05) is 14.9 Å². The van der Waals surface area contributed by atoms with Gasteiger partial charge in [0.05, 0.1) is 15.8 Å². The molecular weight excluding hydrogens is 399 g/mol. The van der Waals surface area contributed by atoms with E-state index in [0.717, 1.165) is 24.4 Å². The first-order valence-corrected chi connectivity index (χ1v) is 8.27. The van der Waals surface area contributed by atoms with Crippen LogP contribution in [0.3, 0.4) is 0 Å². The third kappa shape index (κ3) is 3.29. The Morgan fingerprint density at radius 1 is 1.28 bits per heavy atom. The molecule has 0 aliphatic rings. The highest BCUT2D eigenvalue weighted by Gasteiger charge is 2.18. The molecule has 0 N–H and O–H groups in total. The fraction of sp³-hybridized carbons (Fsp3) is 0.231. The van der Waals surface area contributed by atoms with Gasteiger partial charge < -0.3 is 4.74 Å². The second kappa shape index (κ2) is 6.42. The highest BCUT2D eigenvalue weighted by Crippen LogP contribution is 2.40. The molecule has 1 aromatic heterocycles. The molecule has 2 rings (SSSR count). The summed E-state index contributed by atoms with van der Waals surface area (Å²) in [6.45, 7) is 2.60. The number of alkyl halides is 1. The second-order valence-corrected chi connectivity index (χ2v) is 7.47. The van der Waals surface area contributed by atoms with Gasteiger partial charge in [0.2, 0.25) is 0 Å². The molecule has 2 aromatic rings. The van der Waals surface area contributed by atoms with Crippen LogP contribution in [0.2, 0.25) is 0 Å². The lowest BCUT2D eigenvalue weighted by Crippen LogP contribution is -1.99. The Kier molecular flexibility index (Phi) is 5.13. The average Bonchev–Trinajstić information content (AvgIpc) is 2.77. The van der Waals surface area contributed by atoms with Gasteiger partial charge in [-0.2, -0.15) is 0 Å². The molecule has 0 fully saturated rings. The van der Waals surface area contributed by atoms with Crippen molar-refractivity contribution in [1.29, 1.82) is 0 Å². The zero-order chi connectivity index (χ0) is 13.1. The maximum atomic E-state index is 6.55. The van der Waals surface area contributed by atoms with Crippen LogP contribution in [0.4, 0.5) is 0 Å². The number of benzene rings is 1. The van der Waals surface area contributed by atoms with Crippen LogP contribution in [0.15, 0.2) is 38.6 Å². The standard InChI is InChI=1S/C13H11Br2ClOS/c1-2-17-10-4-3-8(14)7-9(10)13(16)11-5-6-12(15)18-11/h3-7,13H,2H2,1H3. The van der Waals surface area contributed by atoms with E-state index in [1.165, 1.54) is 0 Å². The third-order valence-corrected chi connectivity index (χ3v) is 5.17. The van der Waals surface area contributed by atoms with E-state index in [4.69, 9.17) is 16.3 Å². The van der Waals surface area contributed by atoms with E-state index in [9.17, 15) is 0 Å². The Labute approximate surface area is 132 Å². The first kappa shape index (κ1) is 14.4. The summed E-state index contributed by atoms with van der Waals surface area (Å²) in [5.74, 6) is 0.838. The molecule has 1 aromatic carbocycles. The number of halogens is 3. The van der Waals surface area contributed by atoms with Crippen molar-refractivity contribution in [3.05, 3.63) is 49.0 Å². The van der Waals surface area contributed by atoms with Crippen LogP contribution in [0.5, 0.6) is 5.75 Å². The van der Waals surface area contributed by atoms with Gasteiger partial charge in [-0.15, -0.1) is 22.9 Å². The lowest BCUT2D eigenvalue weighted by atomic mass is 10.1. The van der Waals surface area contributed by atoms with E-state index >= 15 is 0 Å². The Hall–Kier alpha value is -0.0300. The zero-order valence-electron chi connectivity index (χ0n) is 9.62. The van der Waals surface area contributed by atoms with E-state index in [2.05, 4.69) is 31.9 Å². The van der Waals surface area contributed by atoms with Gasteiger partial charge in [-0.05, 0) is 53.2 Å². The molecule has 1 nitrogen and oxygen atoms in total. The molecule has 0 bridgehead atoms. The van der Waals surface area contributed by atoms with Gasteiger partial charge in [-0.3, -0.25) is 0 Å². The van der Waals surface area contributed by atoms with Gasteiger partial charge in [-0.1, -0.05) is 15.9 Å². The van der Waals surface area contributed by atoms with Gasteiger partial charge >= 0.3 is 0 Å². The minimum atomic E-state index is -0.194. The molecule has 1 heterocycles. The quantitative estimate of drug-likeness (QED) is 0.562. The summed E-state index contributed by atoms with van der Waals surface area (Å²) in [5, 5.41) is -0.194. The van der Waals surface area contributed by atoms with Gasteiger partial charge in [-0.25, -0.2) is 0 Å². The maximum Gasteiger partial charge on any atom is 0.124 e. The molecule has 0 radical (unpaired) electrons. The van der Waals surface area contributed by atoms with Crippen molar-refractivity contribution in [2.24, 2.45) is 0 Å². The Balaban J connectivity index is 2.39. The summed E-state index contributed by atoms with van der Waals surface area (Å²) in [7, 11) is 0. The number of hydrogen-bond acceptors (Lipinski definition) is 2. The van der Waals surface area contributed by atoms with Crippen LogP contribution < -0.4 is 4.74 Å². The zero-order valence-corrected chi connectivity index (χ0v) is 14.4. The summed E-state index contributed by atoms with van der Waals surface area (Å²) in [6, 6.07) is 9.95. The fourth-order valence-electron chi connectivity index (χ4n) is 1.62. The van der Waals surface area contributed by atoms with Crippen LogP contribution in [0.25, 0.3) is 0 Å². The Bertz CT molecular complexity index is 542. The average molecular weight is 411 g/mol. The van der Waals surface area contributed by atoms with Crippen molar-refractivity contribution < 1.29 is 4.74 Å². The lowest BCUT2D eigenvalue weighted by Gasteiger charge is -2.14. The minimum Gasteiger partial charge on any atom is -0.494 e. The van der Waals surface area contributed by atoms with Crippen molar-refractivity contribution in [3.8, 4) is 5.75 Å². The highest BCUT2D eigenvalue weighted by atomic mass is 79.9. The van der Waals surface area contributed by atoms with Gasteiger partial charge in [0.25, 0.3) is 0 Å². The Morgan fingerprint density at radius 3 is 2.67 bits per heavy atom. The fourth-order valence-corrected chi connectivity index (χ4v) is 3.80. The smallest absolute Gasteiger partial charge is 0.124 e. The molecule has 5 heteroatoms.